The molecular formula is C22H21ClN2O5S. The van der Waals surface area contributed by atoms with E-state index in [9.17, 15) is 13.2 Å². The molecule has 0 aliphatic rings. The topological polar surface area (TPSA) is 93.7 Å². The Morgan fingerprint density at radius 1 is 0.968 bits per heavy atom. The van der Waals surface area contributed by atoms with Gasteiger partial charge in [0.15, 0.2) is 6.61 Å². The first kappa shape index (κ1) is 22.5. The van der Waals surface area contributed by atoms with Crippen molar-refractivity contribution in [3.63, 3.8) is 0 Å². The van der Waals surface area contributed by atoms with Gasteiger partial charge in [-0.25, -0.2) is 8.42 Å². The van der Waals surface area contributed by atoms with Crippen LogP contribution >= 0.6 is 11.6 Å². The first-order chi connectivity index (χ1) is 14.8. The summed E-state index contributed by atoms with van der Waals surface area (Å²) in [6, 6.07) is 17.6. The van der Waals surface area contributed by atoms with Gasteiger partial charge in [-0.1, -0.05) is 23.7 Å². The van der Waals surface area contributed by atoms with Crippen LogP contribution in [0.2, 0.25) is 5.02 Å². The Bertz CT molecular complexity index is 1180. The molecule has 0 aliphatic heterocycles. The molecule has 0 saturated carbocycles. The lowest BCUT2D eigenvalue weighted by atomic mass is 10.2. The molecule has 0 saturated heterocycles. The van der Waals surface area contributed by atoms with Crippen molar-refractivity contribution < 1.29 is 22.7 Å². The molecule has 7 nitrogen and oxygen atoms in total. The molecule has 9 heteroatoms. The molecule has 0 heterocycles. The van der Waals surface area contributed by atoms with Crippen LogP contribution < -0.4 is 19.5 Å². The predicted octanol–water partition coefficient (Wildman–Crippen LogP) is 4.48. The summed E-state index contributed by atoms with van der Waals surface area (Å²) in [5, 5.41) is 3.24. The predicted molar refractivity (Wildman–Crippen MR) is 121 cm³/mol. The zero-order valence-corrected chi connectivity index (χ0v) is 18.5. The summed E-state index contributed by atoms with van der Waals surface area (Å²) in [5.74, 6) is 0.531. The van der Waals surface area contributed by atoms with E-state index in [1.54, 1.807) is 42.5 Å². The number of hydrogen-bond acceptors (Lipinski definition) is 5. The number of rotatable bonds is 8. The summed E-state index contributed by atoms with van der Waals surface area (Å²) < 4.78 is 38.2. The molecule has 0 aliphatic carbocycles. The van der Waals surface area contributed by atoms with Gasteiger partial charge in [0.1, 0.15) is 11.5 Å². The average molecular weight is 461 g/mol. The Labute approximate surface area is 186 Å². The maximum absolute atomic E-state index is 12.6. The minimum absolute atomic E-state index is 0.0569. The first-order valence-corrected chi connectivity index (χ1v) is 11.1. The van der Waals surface area contributed by atoms with Crippen LogP contribution in [0.3, 0.4) is 0 Å². The fraction of sp³-hybridized carbons (Fsp3) is 0.136. The maximum Gasteiger partial charge on any atom is 0.262 e. The van der Waals surface area contributed by atoms with E-state index in [-0.39, 0.29) is 17.4 Å². The molecule has 1 amide bonds. The molecule has 3 aromatic rings. The minimum Gasteiger partial charge on any atom is -0.497 e. The number of nitrogens with one attached hydrogen (secondary N) is 2. The van der Waals surface area contributed by atoms with Gasteiger partial charge >= 0.3 is 0 Å². The number of carbonyl (C=O) groups is 1. The van der Waals surface area contributed by atoms with E-state index in [1.807, 2.05) is 6.92 Å². The molecule has 0 bridgehead atoms. The number of sulfonamides is 1. The lowest BCUT2D eigenvalue weighted by molar-refractivity contribution is -0.118. The van der Waals surface area contributed by atoms with E-state index in [1.165, 1.54) is 31.4 Å². The second-order valence-electron chi connectivity index (χ2n) is 6.61. The third-order valence-electron chi connectivity index (χ3n) is 4.28. The van der Waals surface area contributed by atoms with E-state index in [4.69, 9.17) is 21.1 Å². The van der Waals surface area contributed by atoms with Crippen LogP contribution in [-0.2, 0) is 14.8 Å². The molecule has 0 aromatic heterocycles. The summed E-state index contributed by atoms with van der Waals surface area (Å²) >= 11 is 6.05. The number of carbonyl (C=O) groups excluding carboxylic acids is 1. The molecule has 0 atom stereocenters. The van der Waals surface area contributed by atoms with Gasteiger partial charge in [-0.2, -0.15) is 0 Å². The fourth-order valence-electron chi connectivity index (χ4n) is 2.63. The van der Waals surface area contributed by atoms with Gasteiger partial charge in [-0.05, 0) is 61.0 Å². The maximum atomic E-state index is 12.6. The van der Waals surface area contributed by atoms with Crippen molar-refractivity contribution in [3.05, 3.63) is 77.3 Å². The standard InChI is InChI=1S/C22H21ClN2O5S/c1-15-6-7-16(13-21(15)23)24-22(26)14-30-18-8-10-20(11-9-18)31(27,28)25-17-4-3-5-19(12-17)29-2/h3-13,25H,14H2,1-2H3,(H,24,26). The van der Waals surface area contributed by atoms with E-state index in [2.05, 4.69) is 10.0 Å². The smallest absolute Gasteiger partial charge is 0.262 e. The number of ether oxygens (including phenoxy) is 2. The van der Waals surface area contributed by atoms with Crippen LogP contribution in [0.5, 0.6) is 11.5 Å². The SMILES string of the molecule is COc1cccc(NS(=O)(=O)c2ccc(OCC(=O)Nc3ccc(C)c(Cl)c3)cc2)c1. The van der Waals surface area contributed by atoms with Crippen molar-refractivity contribution in [3.8, 4) is 11.5 Å². The van der Waals surface area contributed by atoms with Crippen molar-refractivity contribution >= 4 is 38.9 Å². The third-order valence-corrected chi connectivity index (χ3v) is 6.09. The van der Waals surface area contributed by atoms with Crippen molar-refractivity contribution in [1.82, 2.24) is 0 Å². The van der Waals surface area contributed by atoms with Gasteiger partial charge in [-0.3, -0.25) is 9.52 Å². The largest absolute Gasteiger partial charge is 0.497 e. The summed E-state index contributed by atoms with van der Waals surface area (Å²) in [6.07, 6.45) is 0. The number of benzene rings is 3. The number of hydrogen-bond donors (Lipinski definition) is 2. The van der Waals surface area contributed by atoms with Crippen LogP contribution in [0, 0.1) is 6.92 Å². The Morgan fingerprint density at radius 3 is 2.39 bits per heavy atom. The molecule has 31 heavy (non-hydrogen) atoms. The second kappa shape index (κ2) is 9.72. The highest BCUT2D eigenvalue weighted by molar-refractivity contribution is 7.92. The number of aryl methyl sites for hydroxylation is 1. The highest BCUT2D eigenvalue weighted by Gasteiger charge is 2.15. The minimum atomic E-state index is -3.79. The van der Waals surface area contributed by atoms with E-state index in [0.717, 1.165) is 5.56 Å². The van der Waals surface area contributed by atoms with Crippen molar-refractivity contribution in [2.24, 2.45) is 0 Å². The Hall–Kier alpha value is -3.23. The highest BCUT2D eigenvalue weighted by Crippen LogP contribution is 2.23. The Kier molecular flexibility index (Phi) is 7.04. The summed E-state index contributed by atoms with van der Waals surface area (Å²) in [5.41, 5.74) is 1.86. The van der Waals surface area contributed by atoms with Gasteiger partial charge < -0.3 is 14.8 Å². The molecule has 0 radical (unpaired) electrons. The quantitative estimate of drug-likeness (QED) is 0.517. The Balaban J connectivity index is 1.58. The third kappa shape index (κ3) is 6.13. The number of halogens is 1. The zero-order chi connectivity index (χ0) is 22.4. The van der Waals surface area contributed by atoms with E-state index < -0.39 is 10.0 Å². The van der Waals surface area contributed by atoms with Gasteiger partial charge in [0.25, 0.3) is 15.9 Å². The number of anilines is 2. The van der Waals surface area contributed by atoms with Crippen LogP contribution in [0.4, 0.5) is 11.4 Å². The molecule has 3 aromatic carbocycles. The van der Waals surface area contributed by atoms with Crippen LogP contribution in [0.15, 0.2) is 71.6 Å². The average Bonchev–Trinajstić information content (AvgIpc) is 2.75. The van der Waals surface area contributed by atoms with Crippen molar-refractivity contribution in [1.29, 1.82) is 0 Å². The summed E-state index contributed by atoms with van der Waals surface area (Å²) in [6.45, 7) is 1.63. The van der Waals surface area contributed by atoms with Crippen molar-refractivity contribution in [2.75, 3.05) is 23.8 Å². The zero-order valence-electron chi connectivity index (χ0n) is 16.9. The molecule has 0 unspecified atom stereocenters. The summed E-state index contributed by atoms with van der Waals surface area (Å²) in [7, 11) is -2.29. The number of methoxy groups -OCH3 is 1. The van der Waals surface area contributed by atoms with E-state index in [0.29, 0.717) is 27.9 Å². The van der Waals surface area contributed by atoms with Gasteiger partial charge in [0.05, 0.1) is 17.7 Å². The summed E-state index contributed by atoms with van der Waals surface area (Å²) in [4.78, 5) is 12.1. The molecule has 2 N–H and O–H groups in total. The monoisotopic (exact) mass is 460 g/mol. The van der Waals surface area contributed by atoms with Crippen LogP contribution in [0.1, 0.15) is 5.56 Å². The van der Waals surface area contributed by atoms with Crippen LogP contribution in [0.25, 0.3) is 0 Å². The van der Waals surface area contributed by atoms with Crippen molar-refractivity contribution in [2.45, 2.75) is 11.8 Å². The van der Waals surface area contributed by atoms with Crippen LogP contribution in [-0.4, -0.2) is 28.0 Å². The normalized spacial score (nSPS) is 10.9. The fourth-order valence-corrected chi connectivity index (χ4v) is 3.86. The molecule has 0 fully saturated rings. The van der Waals surface area contributed by atoms with Gasteiger partial charge in [0, 0.05) is 16.8 Å². The molecule has 162 valence electrons. The molecule has 3 rings (SSSR count). The molecular weight excluding hydrogens is 440 g/mol. The lowest BCUT2D eigenvalue weighted by Crippen LogP contribution is -2.20. The van der Waals surface area contributed by atoms with Gasteiger partial charge in [-0.15, -0.1) is 0 Å². The lowest BCUT2D eigenvalue weighted by Gasteiger charge is -2.11. The van der Waals surface area contributed by atoms with Gasteiger partial charge in [0.2, 0.25) is 0 Å². The first-order valence-electron chi connectivity index (χ1n) is 9.22. The second-order valence-corrected chi connectivity index (χ2v) is 8.70. The van der Waals surface area contributed by atoms with E-state index >= 15 is 0 Å². The number of amides is 1. The highest BCUT2D eigenvalue weighted by atomic mass is 35.5. The Morgan fingerprint density at radius 2 is 1.71 bits per heavy atom. The molecule has 0 spiro atoms.